The highest BCUT2D eigenvalue weighted by atomic mass is 16.7. The first-order valence-electron chi connectivity index (χ1n) is 9.35. The summed E-state index contributed by atoms with van der Waals surface area (Å²) in [4.78, 5) is 36.5. The second-order valence-electron chi connectivity index (χ2n) is 8.02. The maximum atomic E-state index is 12.8. The van der Waals surface area contributed by atoms with Gasteiger partial charge in [-0.15, -0.1) is 0 Å². The van der Waals surface area contributed by atoms with Gasteiger partial charge in [0.25, 0.3) is 0 Å². The Morgan fingerprint density at radius 1 is 1.07 bits per heavy atom. The molecule has 0 aliphatic carbocycles. The summed E-state index contributed by atoms with van der Waals surface area (Å²) in [5, 5.41) is 0.627. The molecule has 0 spiro atoms. The standard InChI is InChI=1S/C21H22O8/c1-10-16(28-19(24)21(5)20(3,4)29-21)18(26-11(2)22)15-13(25-10)8-6-12-7-9-14(23)27-17(12)15/h6-10,16,18H,1-5H3/t10-,16-,18-,21-/m1/s1. The van der Waals surface area contributed by atoms with Crippen molar-refractivity contribution in [3.63, 3.8) is 0 Å². The Bertz CT molecular complexity index is 1070. The molecule has 1 aromatic carbocycles. The Kier molecular flexibility index (Phi) is 4.24. The molecule has 8 heteroatoms. The Balaban J connectivity index is 1.79. The molecule has 2 aliphatic heterocycles. The predicted molar refractivity (Wildman–Crippen MR) is 101 cm³/mol. The molecule has 1 fully saturated rings. The monoisotopic (exact) mass is 402 g/mol. The molecule has 0 N–H and O–H groups in total. The minimum Gasteiger partial charge on any atom is -0.486 e. The van der Waals surface area contributed by atoms with Crippen molar-refractivity contribution in [3.8, 4) is 5.75 Å². The third-order valence-corrected chi connectivity index (χ3v) is 5.64. The maximum absolute atomic E-state index is 12.8. The molecule has 2 aromatic rings. The van der Waals surface area contributed by atoms with Crippen LogP contribution in [0.3, 0.4) is 0 Å². The number of epoxide rings is 1. The summed E-state index contributed by atoms with van der Waals surface area (Å²) in [5.41, 5.74) is -1.73. The van der Waals surface area contributed by atoms with Crippen LogP contribution in [0.15, 0.2) is 33.5 Å². The lowest BCUT2D eigenvalue weighted by Crippen LogP contribution is -2.46. The first kappa shape index (κ1) is 19.4. The average Bonchev–Trinajstić information content (AvgIpc) is 3.16. The van der Waals surface area contributed by atoms with Crippen LogP contribution in [0, 0.1) is 0 Å². The topological polar surface area (TPSA) is 105 Å². The molecule has 0 radical (unpaired) electrons. The van der Waals surface area contributed by atoms with E-state index in [1.165, 1.54) is 13.0 Å². The van der Waals surface area contributed by atoms with Crippen LogP contribution in [0.2, 0.25) is 0 Å². The van der Waals surface area contributed by atoms with E-state index in [0.29, 0.717) is 16.7 Å². The fraction of sp³-hybridized carbons (Fsp3) is 0.476. The van der Waals surface area contributed by atoms with Crippen molar-refractivity contribution in [2.24, 2.45) is 0 Å². The molecule has 2 aliphatic rings. The van der Waals surface area contributed by atoms with Gasteiger partial charge in [0.2, 0.25) is 0 Å². The molecule has 0 amide bonds. The van der Waals surface area contributed by atoms with Crippen molar-refractivity contribution >= 4 is 22.9 Å². The number of esters is 2. The van der Waals surface area contributed by atoms with Crippen molar-refractivity contribution in [1.29, 1.82) is 0 Å². The number of carbonyl (C=O) groups is 2. The minimum atomic E-state index is -1.10. The molecule has 154 valence electrons. The van der Waals surface area contributed by atoms with Crippen LogP contribution in [-0.4, -0.2) is 35.3 Å². The predicted octanol–water partition coefficient (Wildman–Crippen LogP) is 2.66. The lowest BCUT2D eigenvalue weighted by molar-refractivity contribution is -0.181. The minimum absolute atomic E-state index is 0.225. The molecule has 4 atom stereocenters. The Morgan fingerprint density at radius 3 is 2.34 bits per heavy atom. The fourth-order valence-electron chi connectivity index (χ4n) is 3.66. The zero-order valence-electron chi connectivity index (χ0n) is 16.8. The van der Waals surface area contributed by atoms with Gasteiger partial charge in [0.05, 0.1) is 5.56 Å². The summed E-state index contributed by atoms with van der Waals surface area (Å²) in [5.74, 6) is -0.752. The second kappa shape index (κ2) is 6.32. The maximum Gasteiger partial charge on any atom is 0.341 e. The molecule has 0 saturated carbocycles. The quantitative estimate of drug-likeness (QED) is 0.438. The summed E-state index contributed by atoms with van der Waals surface area (Å²) in [6, 6.07) is 6.35. The van der Waals surface area contributed by atoms with Gasteiger partial charge >= 0.3 is 17.6 Å². The van der Waals surface area contributed by atoms with E-state index in [9.17, 15) is 14.4 Å². The Morgan fingerprint density at radius 2 is 1.72 bits per heavy atom. The summed E-state index contributed by atoms with van der Waals surface area (Å²) < 4.78 is 28.1. The number of ether oxygens (including phenoxy) is 4. The molecule has 1 aromatic heterocycles. The number of rotatable bonds is 3. The summed E-state index contributed by atoms with van der Waals surface area (Å²) >= 11 is 0. The SMILES string of the molecule is CC(=O)O[C@@H]1c2c(ccc3ccc(=O)oc23)O[C@H](C)[C@H]1OC(=O)[C@@]1(C)OC1(C)C. The van der Waals surface area contributed by atoms with E-state index in [1.807, 2.05) is 0 Å². The zero-order chi connectivity index (χ0) is 21.1. The highest BCUT2D eigenvalue weighted by Crippen LogP contribution is 2.49. The molecule has 0 bridgehead atoms. The first-order chi connectivity index (χ1) is 13.5. The molecule has 0 unspecified atom stereocenters. The normalized spacial score (nSPS) is 29.5. The van der Waals surface area contributed by atoms with Gasteiger partial charge in [-0.25, -0.2) is 9.59 Å². The highest BCUT2D eigenvalue weighted by Gasteiger charge is 2.67. The van der Waals surface area contributed by atoms with Crippen molar-refractivity contribution in [2.75, 3.05) is 0 Å². The van der Waals surface area contributed by atoms with E-state index >= 15 is 0 Å². The van der Waals surface area contributed by atoms with Crippen molar-refractivity contribution in [1.82, 2.24) is 0 Å². The van der Waals surface area contributed by atoms with E-state index in [1.54, 1.807) is 45.9 Å². The third-order valence-electron chi connectivity index (χ3n) is 5.64. The van der Waals surface area contributed by atoms with E-state index < -0.39 is 47.1 Å². The van der Waals surface area contributed by atoms with Crippen LogP contribution in [-0.2, 0) is 23.8 Å². The summed E-state index contributed by atoms with van der Waals surface area (Å²) in [6.45, 7) is 8.19. The van der Waals surface area contributed by atoms with Crippen LogP contribution in [0.5, 0.6) is 5.75 Å². The van der Waals surface area contributed by atoms with Crippen LogP contribution >= 0.6 is 0 Å². The molecular formula is C21H22O8. The van der Waals surface area contributed by atoms with E-state index in [-0.39, 0.29) is 5.58 Å². The lowest BCUT2D eigenvalue weighted by atomic mass is 9.93. The lowest BCUT2D eigenvalue weighted by Gasteiger charge is -2.37. The molecule has 1 saturated heterocycles. The van der Waals surface area contributed by atoms with Crippen molar-refractivity contribution < 1.29 is 33.0 Å². The zero-order valence-corrected chi connectivity index (χ0v) is 16.8. The Labute approximate surface area is 166 Å². The summed E-state index contributed by atoms with van der Waals surface area (Å²) in [7, 11) is 0. The van der Waals surface area contributed by atoms with Crippen LogP contribution < -0.4 is 10.4 Å². The number of hydrogen-bond donors (Lipinski definition) is 0. The number of fused-ring (bicyclic) bond motifs is 3. The van der Waals surface area contributed by atoms with Gasteiger partial charge in [0, 0.05) is 18.4 Å². The van der Waals surface area contributed by atoms with Gasteiger partial charge in [-0.2, -0.15) is 0 Å². The largest absolute Gasteiger partial charge is 0.486 e. The van der Waals surface area contributed by atoms with Gasteiger partial charge < -0.3 is 23.4 Å². The first-order valence-corrected chi connectivity index (χ1v) is 9.35. The molecular weight excluding hydrogens is 380 g/mol. The van der Waals surface area contributed by atoms with E-state index in [2.05, 4.69) is 0 Å². The van der Waals surface area contributed by atoms with Crippen molar-refractivity contribution in [3.05, 3.63) is 40.2 Å². The van der Waals surface area contributed by atoms with E-state index in [4.69, 9.17) is 23.4 Å². The van der Waals surface area contributed by atoms with Gasteiger partial charge in [-0.3, -0.25) is 4.79 Å². The molecule has 4 rings (SSSR count). The van der Waals surface area contributed by atoms with Gasteiger partial charge in [0.15, 0.2) is 17.8 Å². The number of benzene rings is 1. The van der Waals surface area contributed by atoms with Crippen molar-refractivity contribution in [2.45, 2.75) is 64.1 Å². The van der Waals surface area contributed by atoms with Crippen LogP contribution in [0.1, 0.15) is 46.3 Å². The van der Waals surface area contributed by atoms with Gasteiger partial charge in [-0.05, 0) is 45.9 Å². The smallest absolute Gasteiger partial charge is 0.341 e. The van der Waals surface area contributed by atoms with E-state index in [0.717, 1.165) is 0 Å². The van der Waals surface area contributed by atoms with Gasteiger partial charge in [0.1, 0.15) is 23.0 Å². The number of hydrogen-bond acceptors (Lipinski definition) is 8. The highest BCUT2D eigenvalue weighted by molar-refractivity contribution is 5.85. The fourth-order valence-corrected chi connectivity index (χ4v) is 3.66. The average molecular weight is 402 g/mol. The summed E-state index contributed by atoms with van der Waals surface area (Å²) in [6.07, 6.45) is -2.57. The van der Waals surface area contributed by atoms with Crippen LogP contribution in [0.4, 0.5) is 0 Å². The molecule has 3 heterocycles. The van der Waals surface area contributed by atoms with Crippen LogP contribution in [0.25, 0.3) is 11.0 Å². The second-order valence-corrected chi connectivity index (χ2v) is 8.02. The third kappa shape index (κ3) is 3.07. The molecule has 8 nitrogen and oxygen atoms in total. The van der Waals surface area contributed by atoms with Gasteiger partial charge in [-0.1, -0.05) is 0 Å². The Hall–Kier alpha value is -2.87. The molecule has 29 heavy (non-hydrogen) atoms. The number of carbonyl (C=O) groups excluding carboxylic acids is 2.